The van der Waals surface area contributed by atoms with Crippen molar-refractivity contribution in [3.05, 3.63) is 0 Å². The van der Waals surface area contributed by atoms with E-state index >= 15 is 0 Å². The lowest BCUT2D eigenvalue weighted by molar-refractivity contribution is -0.144. The third kappa shape index (κ3) is 6.80. The number of ether oxygens (including phenoxy) is 1. The van der Waals surface area contributed by atoms with Crippen LogP contribution in [0.5, 0.6) is 0 Å². The second-order valence-electron chi connectivity index (χ2n) is 3.63. The molecule has 4 N–H and O–H groups in total. The number of aliphatic hydroxyl groups is 3. The lowest BCUT2D eigenvalue weighted by Crippen LogP contribution is -2.42. The molecule has 8 heteroatoms. The number of hydrogen-bond donors (Lipinski definition) is 4. The lowest BCUT2D eigenvalue weighted by atomic mass is 10.2. The molecule has 0 unspecified atom stereocenters. The smallest absolute Gasteiger partial charge is 0.329 e. The number of carbonyl (C=O) groups is 2. The van der Waals surface area contributed by atoms with E-state index in [1.165, 1.54) is 14.0 Å². The Morgan fingerprint density at radius 2 is 1.89 bits per heavy atom. The van der Waals surface area contributed by atoms with Gasteiger partial charge in [0.15, 0.2) is 0 Å². The molecule has 0 aromatic rings. The van der Waals surface area contributed by atoms with Gasteiger partial charge in [0.25, 0.3) is 0 Å². The number of thioether (sulfide) groups is 1. The van der Waals surface area contributed by atoms with E-state index in [2.05, 4.69) is 10.1 Å². The Hall–Kier alpha value is -0.830. The van der Waals surface area contributed by atoms with E-state index in [0.717, 1.165) is 11.8 Å². The number of carbonyl (C=O) groups excluding carboxylic acids is 2. The van der Waals surface area contributed by atoms with Gasteiger partial charge in [-0.15, -0.1) is 0 Å². The SMILES string of the molecule is COC(=O)[C@H](CSC[C@H](O)[C@H](O)CO)NC(C)=O. The first-order chi connectivity index (χ1) is 8.42. The van der Waals surface area contributed by atoms with Crippen molar-refractivity contribution < 1.29 is 29.6 Å². The average Bonchev–Trinajstić information content (AvgIpc) is 2.34. The van der Waals surface area contributed by atoms with Crippen molar-refractivity contribution in [2.24, 2.45) is 0 Å². The van der Waals surface area contributed by atoms with Crippen molar-refractivity contribution in [1.29, 1.82) is 0 Å². The first-order valence-electron chi connectivity index (χ1n) is 5.32. The summed E-state index contributed by atoms with van der Waals surface area (Å²) in [6.45, 7) is 0.749. The highest BCUT2D eigenvalue weighted by molar-refractivity contribution is 7.99. The van der Waals surface area contributed by atoms with Crippen molar-refractivity contribution >= 4 is 23.6 Å². The Labute approximate surface area is 110 Å². The van der Waals surface area contributed by atoms with E-state index < -0.39 is 30.8 Å². The fraction of sp³-hybridized carbons (Fsp3) is 0.800. The fourth-order valence-corrected chi connectivity index (χ4v) is 2.15. The van der Waals surface area contributed by atoms with Crippen LogP contribution in [0.25, 0.3) is 0 Å². The minimum Gasteiger partial charge on any atom is -0.467 e. The molecule has 0 aliphatic heterocycles. The fourth-order valence-electron chi connectivity index (χ4n) is 1.10. The summed E-state index contributed by atoms with van der Waals surface area (Å²) in [6.07, 6.45) is -2.30. The highest BCUT2D eigenvalue weighted by atomic mass is 32.2. The predicted octanol–water partition coefficient (Wildman–Crippen LogP) is -1.89. The standard InChI is InChI=1S/C10H19NO6S/c1-6(13)11-7(10(16)17-2)4-18-5-9(15)8(14)3-12/h7-9,12,14-15H,3-5H2,1-2H3,(H,11,13)/t7-,8+,9-/m0/s1. The Morgan fingerprint density at radius 1 is 1.28 bits per heavy atom. The number of amides is 1. The zero-order valence-electron chi connectivity index (χ0n) is 10.3. The molecule has 0 saturated heterocycles. The van der Waals surface area contributed by atoms with Crippen molar-refractivity contribution in [2.45, 2.75) is 25.2 Å². The molecule has 3 atom stereocenters. The van der Waals surface area contributed by atoms with Crippen LogP contribution < -0.4 is 5.32 Å². The van der Waals surface area contributed by atoms with Crippen molar-refractivity contribution in [1.82, 2.24) is 5.32 Å². The minimum atomic E-state index is -1.21. The van der Waals surface area contributed by atoms with Crippen LogP contribution in [0, 0.1) is 0 Å². The number of aliphatic hydroxyl groups excluding tert-OH is 3. The monoisotopic (exact) mass is 281 g/mol. The van der Waals surface area contributed by atoms with Gasteiger partial charge >= 0.3 is 5.97 Å². The molecule has 106 valence electrons. The Balaban J connectivity index is 4.11. The van der Waals surface area contributed by atoms with Gasteiger partial charge in [0, 0.05) is 18.4 Å². The Kier molecular flexibility index (Phi) is 8.73. The van der Waals surface area contributed by atoms with E-state index in [9.17, 15) is 14.7 Å². The quantitative estimate of drug-likeness (QED) is 0.384. The molecular weight excluding hydrogens is 262 g/mol. The average molecular weight is 281 g/mol. The van der Waals surface area contributed by atoms with E-state index in [1.54, 1.807) is 0 Å². The molecule has 18 heavy (non-hydrogen) atoms. The van der Waals surface area contributed by atoms with Crippen LogP contribution in [-0.4, -0.2) is 70.7 Å². The van der Waals surface area contributed by atoms with Crippen LogP contribution in [0.4, 0.5) is 0 Å². The maximum absolute atomic E-state index is 11.3. The van der Waals surface area contributed by atoms with Crippen molar-refractivity contribution in [3.63, 3.8) is 0 Å². The topological polar surface area (TPSA) is 116 Å². The predicted molar refractivity (Wildman–Crippen MR) is 66.0 cm³/mol. The van der Waals surface area contributed by atoms with Gasteiger partial charge in [-0.2, -0.15) is 11.8 Å². The molecule has 0 saturated carbocycles. The van der Waals surface area contributed by atoms with Gasteiger partial charge in [-0.25, -0.2) is 4.79 Å². The first kappa shape index (κ1) is 17.2. The van der Waals surface area contributed by atoms with Crippen LogP contribution in [0.3, 0.4) is 0 Å². The molecule has 0 aromatic heterocycles. The van der Waals surface area contributed by atoms with Gasteiger partial charge in [-0.1, -0.05) is 0 Å². The summed E-state index contributed by atoms with van der Waals surface area (Å²) in [7, 11) is 1.21. The van der Waals surface area contributed by atoms with E-state index in [-0.39, 0.29) is 17.4 Å². The molecule has 0 aromatic carbocycles. The summed E-state index contributed by atoms with van der Waals surface area (Å²) in [5.41, 5.74) is 0. The molecule has 0 fully saturated rings. The van der Waals surface area contributed by atoms with Crippen LogP contribution in [-0.2, 0) is 14.3 Å². The molecule has 0 bridgehead atoms. The van der Waals surface area contributed by atoms with Crippen LogP contribution in [0.15, 0.2) is 0 Å². The normalized spacial score (nSPS) is 15.6. The molecule has 1 amide bonds. The minimum absolute atomic E-state index is 0.134. The highest BCUT2D eigenvalue weighted by Gasteiger charge is 2.21. The molecule has 0 rings (SSSR count). The number of methoxy groups -OCH3 is 1. The second-order valence-corrected chi connectivity index (χ2v) is 4.71. The summed E-state index contributed by atoms with van der Waals surface area (Å²) in [5.74, 6) is -0.590. The largest absolute Gasteiger partial charge is 0.467 e. The van der Waals surface area contributed by atoms with Crippen LogP contribution in [0.2, 0.25) is 0 Å². The second kappa shape index (κ2) is 9.15. The number of nitrogens with one attached hydrogen (secondary N) is 1. The van der Waals surface area contributed by atoms with Crippen molar-refractivity contribution in [3.8, 4) is 0 Å². The van der Waals surface area contributed by atoms with E-state index in [4.69, 9.17) is 10.2 Å². The summed E-state index contributed by atoms with van der Waals surface area (Å²) in [5, 5.41) is 29.5. The number of rotatable bonds is 8. The first-order valence-corrected chi connectivity index (χ1v) is 6.47. The summed E-state index contributed by atoms with van der Waals surface area (Å²) in [4.78, 5) is 22.2. The summed E-state index contributed by atoms with van der Waals surface area (Å²) in [6, 6.07) is -0.795. The molecule has 7 nitrogen and oxygen atoms in total. The molecule has 0 aliphatic carbocycles. The third-order valence-corrected chi connectivity index (χ3v) is 3.21. The maximum Gasteiger partial charge on any atom is 0.329 e. The van der Waals surface area contributed by atoms with E-state index in [0.29, 0.717) is 0 Å². The van der Waals surface area contributed by atoms with Gasteiger partial charge in [0.1, 0.15) is 12.1 Å². The zero-order chi connectivity index (χ0) is 14.1. The van der Waals surface area contributed by atoms with Gasteiger partial charge in [-0.05, 0) is 0 Å². The Morgan fingerprint density at radius 3 is 2.33 bits per heavy atom. The Bertz CT molecular complexity index is 275. The van der Waals surface area contributed by atoms with E-state index in [1.807, 2.05) is 0 Å². The van der Waals surface area contributed by atoms with Gasteiger partial charge < -0.3 is 25.4 Å². The van der Waals surface area contributed by atoms with Gasteiger partial charge in [0.2, 0.25) is 5.91 Å². The highest BCUT2D eigenvalue weighted by Crippen LogP contribution is 2.09. The van der Waals surface area contributed by atoms with Crippen LogP contribution >= 0.6 is 11.8 Å². The van der Waals surface area contributed by atoms with Gasteiger partial charge in [-0.3, -0.25) is 4.79 Å². The van der Waals surface area contributed by atoms with Crippen LogP contribution in [0.1, 0.15) is 6.92 Å². The number of hydrogen-bond acceptors (Lipinski definition) is 7. The third-order valence-electron chi connectivity index (χ3n) is 2.07. The zero-order valence-corrected chi connectivity index (χ0v) is 11.1. The lowest BCUT2D eigenvalue weighted by Gasteiger charge is -2.18. The summed E-state index contributed by atoms with van der Waals surface area (Å²) >= 11 is 1.16. The van der Waals surface area contributed by atoms with Crippen molar-refractivity contribution in [2.75, 3.05) is 25.2 Å². The molecule has 0 spiro atoms. The molecule has 0 heterocycles. The molecule has 0 aliphatic rings. The molecule has 0 radical (unpaired) electrons. The number of esters is 1. The summed E-state index contributed by atoms with van der Waals surface area (Å²) < 4.78 is 4.52. The maximum atomic E-state index is 11.3. The molecular formula is C10H19NO6S. The van der Waals surface area contributed by atoms with Gasteiger partial charge in [0.05, 0.1) is 19.8 Å².